The first kappa shape index (κ1) is 16.1. The van der Waals surface area contributed by atoms with Crippen LogP contribution in [0.5, 0.6) is 0 Å². The lowest BCUT2D eigenvalue weighted by molar-refractivity contribution is -0.141. The highest BCUT2D eigenvalue weighted by molar-refractivity contribution is 7.99. The zero-order valence-corrected chi connectivity index (χ0v) is 14.8. The lowest BCUT2D eigenvalue weighted by Gasteiger charge is -2.04. The maximum Gasteiger partial charge on any atom is 0.316 e. The number of thiophene rings is 1. The zero-order valence-electron chi connectivity index (χ0n) is 13.2. The van der Waals surface area contributed by atoms with Gasteiger partial charge in [-0.1, -0.05) is 42.1 Å². The van der Waals surface area contributed by atoms with Crippen molar-refractivity contribution in [2.75, 3.05) is 5.75 Å². The van der Waals surface area contributed by atoms with Crippen LogP contribution in [0.25, 0.3) is 21.1 Å². The molecule has 124 valence electrons. The standard InChI is InChI=1S/C19H14N2O2S2/c22-19(23-10-13-11-24-17-8-4-1-5-14(13)17)12-25-18-9-20-15-6-2-3-7-16(15)21-18/h1-9,11H,10,12H2. The number of carbonyl (C=O) groups excluding carboxylic acids is 1. The molecule has 2 aromatic heterocycles. The highest BCUT2D eigenvalue weighted by atomic mass is 32.2. The summed E-state index contributed by atoms with van der Waals surface area (Å²) in [5.74, 6) is -0.0371. The minimum Gasteiger partial charge on any atom is -0.460 e. The summed E-state index contributed by atoms with van der Waals surface area (Å²) in [5.41, 5.74) is 2.72. The van der Waals surface area contributed by atoms with Gasteiger partial charge in [-0.25, -0.2) is 4.98 Å². The van der Waals surface area contributed by atoms with Gasteiger partial charge < -0.3 is 4.74 Å². The lowest BCUT2D eigenvalue weighted by atomic mass is 10.2. The minimum absolute atomic E-state index is 0.217. The average Bonchev–Trinajstić information content (AvgIpc) is 3.08. The summed E-state index contributed by atoms with van der Waals surface area (Å²) in [6.07, 6.45) is 1.69. The molecule has 0 amide bonds. The second kappa shape index (κ2) is 7.21. The molecule has 0 atom stereocenters. The Labute approximate surface area is 152 Å². The van der Waals surface area contributed by atoms with E-state index in [0.29, 0.717) is 6.61 Å². The molecule has 4 aromatic rings. The molecule has 2 heterocycles. The second-order valence-electron chi connectivity index (χ2n) is 5.40. The molecule has 4 rings (SSSR count). The van der Waals surface area contributed by atoms with Crippen LogP contribution in [0.15, 0.2) is 65.1 Å². The molecule has 2 aromatic carbocycles. The van der Waals surface area contributed by atoms with Gasteiger partial charge in [0, 0.05) is 10.3 Å². The number of nitrogens with zero attached hydrogens (tertiary/aromatic N) is 2. The van der Waals surface area contributed by atoms with Crippen molar-refractivity contribution in [3.63, 3.8) is 0 Å². The first-order valence-corrected chi connectivity index (χ1v) is 9.61. The Kier molecular flexibility index (Phi) is 4.63. The van der Waals surface area contributed by atoms with E-state index in [2.05, 4.69) is 22.1 Å². The molecule has 0 saturated carbocycles. The summed E-state index contributed by atoms with van der Waals surface area (Å²) in [6.45, 7) is 0.298. The van der Waals surface area contributed by atoms with E-state index < -0.39 is 0 Å². The number of rotatable bonds is 5. The van der Waals surface area contributed by atoms with Crippen LogP contribution in [0.2, 0.25) is 0 Å². The number of aromatic nitrogens is 2. The van der Waals surface area contributed by atoms with Crippen molar-refractivity contribution < 1.29 is 9.53 Å². The number of hydrogen-bond acceptors (Lipinski definition) is 6. The van der Waals surface area contributed by atoms with Crippen LogP contribution in [0.4, 0.5) is 0 Å². The largest absolute Gasteiger partial charge is 0.460 e. The van der Waals surface area contributed by atoms with E-state index in [1.54, 1.807) is 17.5 Å². The number of fused-ring (bicyclic) bond motifs is 2. The fourth-order valence-electron chi connectivity index (χ4n) is 2.49. The maximum atomic E-state index is 12.0. The van der Waals surface area contributed by atoms with E-state index >= 15 is 0 Å². The molecular weight excluding hydrogens is 352 g/mol. The Balaban J connectivity index is 1.35. The molecule has 6 heteroatoms. The first-order chi connectivity index (χ1) is 12.3. The summed E-state index contributed by atoms with van der Waals surface area (Å²) >= 11 is 3.00. The van der Waals surface area contributed by atoms with E-state index in [-0.39, 0.29) is 11.7 Å². The molecule has 0 unspecified atom stereocenters. The van der Waals surface area contributed by atoms with E-state index in [1.165, 1.54) is 16.5 Å². The number of ether oxygens (including phenoxy) is 1. The fraction of sp³-hybridized carbons (Fsp3) is 0.105. The lowest BCUT2D eigenvalue weighted by Crippen LogP contribution is -2.07. The van der Waals surface area contributed by atoms with Crippen molar-refractivity contribution in [2.24, 2.45) is 0 Å². The summed E-state index contributed by atoms with van der Waals surface area (Å²) in [5, 5.41) is 3.91. The average molecular weight is 366 g/mol. The second-order valence-corrected chi connectivity index (χ2v) is 7.31. The van der Waals surface area contributed by atoms with Crippen LogP contribution < -0.4 is 0 Å². The van der Waals surface area contributed by atoms with Crippen molar-refractivity contribution in [1.82, 2.24) is 9.97 Å². The number of benzene rings is 2. The van der Waals surface area contributed by atoms with Crippen molar-refractivity contribution >= 4 is 50.2 Å². The maximum absolute atomic E-state index is 12.0. The predicted molar refractivity (Wildman–Crippen MR) is 102 cm³/mol. The summed E-state index contributed by atoms with van der Waals surface area (Å²) < 4.78 is 6.61. The third-order valence-corrected chi connectivity index (χ3v) is 5.60. The van der Waals surface area contributed by atoms with Crippen molar-refractivity contribution in [1.29, 1.82) is 0 Å². The fourth-order valence-corrected chi connectivity index (χ4v) is 4.07. The summed E-state index contributed by atoms with van der Waals surface area (Å²) in [4.78, 5) is 20.9. The smallest absolute Gasteiger partial charge is 0.316 e. The predicted octanol–water partition coefficient (Wildman–Crippen LogP) is 4.68. The molecule has 4 nitrogen and oxygen atoms in total. The zero-order chi connectivity index (χ0) is 17.1. The van der Waals surface area contributed by atoms with Crippen LogP contribution >= 0.6 is 23.1 Å². The summed E-state index contributed by atoms with van der Waals surface area (Å²) in [7, 11) is 0. The Morgan fingerprint density at radius 1 is 1.08 bits per heavy atom. The van der Waals surface area contributed by atoms with Crippen LogP contribution in [0.1, 0.15) is 5.56 Å². The Morgan fingerprint density at radius 2 is 1.88 bits per heavy atom. The van der Waals surface area contributed by atoms with Crippen molar-refractivity contribution in [3.05, 3.63) is 65.7 Å². The highest BCUT2D eigenvalue weighted by Gasteiger charge is 2.09. The third kappa shape index (κ3) is 3.65. The van der Waals surface area contributed by atoms with E-state index in [9.17, 15) is 4.79 Å². The third-order valence-electron chi connectivity index (χ3n) is 3.71. The van der Waals surface area contributed by atoms with Crippen LogP contribution in [-0.4, -0.2) is 21.7 Å². The highest BCUT2D eigenvalue weighted by Crippen LogP contribution is 2.26. The minimum atomic E-state index is -0.254. The normalized spacial score (nSPS) is 11.0. The van der Waals surface area contributed by atoms with Crippen molar-refractivity contribution in [3.8, 4) is 0 Å². The van der Waals surface area contributed by atoms with Gasteiger partial charge in [0.05, 0.1) is 23.0 Å². The molecule has 0 aliphatic rings. The molecule has 0 spiro atoms. The van der Waals surface area contributed by atoms with Gasteiger partial charge in [-0.05, 0) is 29.0 Å². The summed E-state index contributed by atoms with van der Waals surface area (Å²) in [6, 6.07) is 15.8. The van der Waals surface area contributed by atoms with Gasteiger partial charge in [0.1, 0.15) is 11.6 Å². The molecule has 0 N–H and O–H groups in total. The quantitative estimate of drug-likeness (QED) is 0.379. The Bertz CT molecular complexity index is 1050. The molecular formula is C19H14N2O2S2. The van der Waals surface area contributed by atoms with Crippen LogP contribution in [0, 0.1) is 0 Å². The van der Waals surface area contributed by atoms with E-state index in [1.807, 2.05) is 41.8 Å². The number of esters is 1. The van der Waals surface area contributed by atoms with Gasteiger partial charge in [0.25, 0.3) is 0 Å². The van der Waals surface area contributed by atoms with Gasteiger partial charge in [-0.3, -0.25) is 9.78 Å². The molecule has 0 aliphatic heterocycles. The SMILES string of the molecule is O=C(CSc1cnc2ccccc2n1)OCc1csc2ccccc12. The van der Waals surface area contributed by atoms with Crippen molar-refractivity contribution in [2.45, 2.75) is 11.6 Å². The van der Waals surface area contributed by atoms with Gasteiger partial charge in [-0.2, -0.15) is 0 Å². The van der Waals surface area contributed by atoms with Gasteiger partial charge in [-0.15, -0.1) is 11.3 Å². The number of carbonyl (C=O) groups is 1. The van der Waals surface area contributed by atoms with Crippen LogP contribution in [-0.2, 0) is 16.1 Å². The molecule has 0 bridgehead atoms. The molecule has 0 aliphatic carbocycles. The molecule has 25 heavy (non-hydrogen) atoms. The molecule has 0 radical (unpaired) electrons. The van der Waals surface area contributed by atoms with Crippen LogP contribution in [0.3, 0.4) is 0 Å². The van der Waals surface area contributed by atoms with Gasteiger partial charge in [0.2, 0.25) is 0 Å². The van der Waals surface area contributed by atoms with Gasteiger partial charge >= 0.3 is 5.97 Å². The van der Waals surface area contributed by atoms with Gasteiger partial charge in [0.15, 0.2) is 0 Å². The van der Waals surface area contributed by atoms with E-state index in [0.717, 1.165) is 27.0 Å². The molecule has 0 fully saturated rings. The number of hydrogen-bond donors (Lipinski definition) is 0. The number of para-hydroxylation sites is 2. The first-order valence-electron chi connectivity index (χ1n) is 7.75. The Morgan fingerprint density at radius 3 is 2.80 bits per heavy atom. The van der Waals surface area contributed by atoms with E-state index in [4.69, 9.17) is 4.74 Å². The Hall–Kier alpha value is -2.44. The molecule has 0 saturated heterocycles. The number of thioether (sulfide) groups is 1. The topological polar surface area (TPSA) is 52.1 Å². The monoisotopic (exact) mass is 366 g/mol.